The molecule has 6 nitrogen and oxygen atoms in total. The molecular formula is C24H30FN3O3. The molecule has 2 aromatic carbocycles. The van der Waals surface area contributed by atoms with E-state index in [1.165, 1.54) is 12.1 Å². The lowest BCUT2D eigenvalue weighted by molar-refractivity contribution is -0.133. The first-order valence-electron chi connectivity index (χ1n) is 10.8. The van der Waals surface area contributed by atoms with Crippen molar-refractivity contribution in [3.63, 3.8) is 0 Å². The highest BCUT2D eigenvalue weighted by Crippen LogP contribution is 2.20. The molecule has 0 aromatic heterocycles. The smallest absolute Gasteiger partial charge is 0.257 e. The van der Waals surface area contributed by atoms with E-state index in [4.69, 9.17) is 4.74 Å². The summed E-state index contributed by atoms with van der Waals surface area (Å²) in [6.07, 6.45) is 0. The Morgan fingerprint density at radius 1 is 1.03 bits per heavy atom. The number of benzene rings is 2. The number of hydrogen-bond acceptors (Lipinski definition) is 4. The fourth-order valence-corrected chi connectivity index (χ4v) is 3.73. The number of carbonyl (C=O) groups is 2. The number of piperazine rings is 1. The maximum absolute atomic E-state index is 13.4. The first kappa shape index (κ1) is 22.7. The third kappa shape index (κ3) is 6.04. The van der Waals surface area contributed by atoms with Gasteiger partial charge in [-0.1, -0.05) is 24.3 Å². The molecule has 0 bridgehead atoms. The second-order valence-electron chi connectivity index (χ2n) is 7.54. The van der Waals surface area contributed by atoms with E-state index in [1.54, 1.807) is 17.0 Å². The van der Waals surface area contributed by atoms with Crippen LogP contribution in [0.5, 0.6) is 5.75 Å². The van der Waals surface area contributed by atoms with Crippen LogP contribution in [-0.4, -0.2) is 72.4 Å². The number of halogens is 1. The third-order valence-corrected chi connectivity index (χ3v) is 5.43. The first-order valence-corrected chi connectivity index (χ1v) is 10.8. The van der Waals surface area contributed by atoms with Crippen molar-refractivity contribution in [2.45, 2.75) is 20.4 Å². The van der Waals surface area contributed by atoms with Crippen molar-refractivity contribution in [3.05, 3.63) is 65.5 Å². The highest BCUT2D eigenvalue weighted by molar-refractivity contribution is 5.97. The van der Waals surface area contributed by atoms with Gasteiger partial charge in [0.1, 0.15) is 11.6 Å². The summed E-state index contributed by atoms with van der Waals surface area (Å²) in [5, 5.41) is 0. The number of likely N-dealkylation sites (N-methyl/N-ethyl adjacent to an activating group) is 1. The number of hydrogen-bond donors (Lipinski definition) is 0. The molecule has 1 heterocycles. The molecule has 1 saturated heterocycles. The monoisotopic (exact) mass is 427 g/mol. The van der Waals surface area contributed by atoms with E-state index in [1.807, 2.05) is 43.0 Å². The van der Waals surface area contributed by atoms with Crippen LogP contribution in [0.3, 0.4) is 0 Å². The summed E-state index contributed by atoms with van der Waals surface area (Å²) in [5.74, 6) is 0.265. The van der Waals surface area contributed by atoms with Gasteiger partial charge >= 0.3 is 0 Å². The van der Waals surface area contributed by atoms with Crippen molar-refractivity contribution >= 4 is 11.8 Å². The Morgan fingerprint density at radius 2 is 1.77 bits per heavy atom. The molecule has 0 N–H and O–H groups in total. The van der Waals surface area contributed by atoms with Crippen LogP contribution in [0.1, 0.15) is 29.8 Å². The van der Waals surface area contributed by atoms with Gasteiger partial charge in [0.15, 0.2) is 0 Å². The minimum absolute atomic E-state index is 0.00762. The Balaban J connectivity index is 1.53. The van der Waals surface area contributed by atoms with Crippen LogP contribution < -0.4 is 4.74 Å². The van der Waals surface area contributed by atoms with Crippen molar-refractivity contribution < 1.29 is 18.7 Å². The fraction of sp³-hybridized carbons (Fsp3) is 0.417. The van der Waals surface area contributed by atoms with Gasteiger partial charge in [0.05, 0.1) is 18.7 Å². The Kier molecular flexibility index (Phi) is 8.00. The number of rotatable bonds is 8. The minimum atomic E-state index is -0.298. The minimum Gasteiger partial charge on any atom is -0.493 e. The van der Waals surface area contributed by atoms with Crippen molar-refractivity contribution in [2.24, 2.45) is 0 Å². The van der Waals surface area contributed by atoms with Crippen molar-refractivity contribution in [2.75, 3.05) is 45.9 Å². The summed E-state index contributed by atoms with van der Waals surface area (Å²) < 4.78 is 19.0. The zero-order chi connectivity index (χ0) is 22.2. The molecule has 1 aliphatic rings. The Labute approximate surface area is 183 Å². The van der Waals surface area contributed by atoms with Gasteiger partial charge in [0.2, 0.25) is 5.91 Å². The largest absolute Gasteiger partial charge is 0.493 e. The molecule has 7 heteroatoms. The highest BCUT2D eigenvalue weighted by Gasteiger charge is 2.26. The highest BCUT2D eigenvalue weighted by atomic mass is 19.1. The number of carbonyl (C=O) groups excluding carboxylic acids is 2. The van der Waals surface area contributed by atoms with E-state index in [2.05, 4.69) is 4.90 Å². The fourth-order valence-electron chi connectivity index (χ4n) is 3.73. The maximum Gasteiger partial charge on any atom is 0.257 e. The number of para-hydroxylation sites is 1. The van der Waals surface area contributed by atoms with Gasteiger partial charge in [-0.25, -0.2) is 4.39 Å². The molecule has 2 aromatic rings. The summed E-state index contributed by atoms with van der Waals surface area (Å²) in [7, 11) is 0. The van der Waals surface area contributed by atoms with Gasteiger partial charge in [-0.3, -0.25) is 14.5 Å². The molecular weight excluding hydrogens is 397 g/mol. The van der Waals surface area contributed by atoms with Crippen LogP contribution in [0.4, 0.5) is 4.39 Å². The van der Waals surface area contributed by atoms with Crippen LogP contribution in [0.2, 0.25) is 0 Å². The third-order valence-electron chi connectivity index (χ3n) is 5.43. The molecule has 3 rings (SSSR count). The molecule has 0 unspecified atom stereocenters. The first-order chi connectivity index (χ1) is 15.0. The molecule has 166 valence electrons. The molecule has 0 saturated carbocycles. The van der Waals surface area contributed by atoms with Gasteiger partial charge in [0.25, 0.3) is 5.91 Å². The van der Waals surface area contributed by atoms with Gasteiger partial charge in [0, 0.05) is 39.3 Å². The Morgan fingerprint density at radius 3 is 2.45 bits per heavy atom. The maximum atomic E-state index is 13.4. The molecule has 1 fully saturated rings. The topological polar surface area (TPSA) is 53.1 Å². The van der Waals surface area contributed by atoms with Crippen LogP contribution in [0, 0.1) is 5.82 Å². The normalized spacial score (nSPS) is 14.4. The SMILES string of the molecule is CCOc1ccccc1C(=O)N1CCN(CC(=O)N(CC)Cc2cccc(F)c2)CC1. The van der Waals surface area contributed by atoms with E-state index in [0.717, 1.165) is 5.56 Å². The Bertz CT molecular complexity index is 897. The van der Waals surface area contributed by atoms with Crippen molar-refractivity contribution in [1.82, 2.24) is 14.7 Å². The zero-order valence-electron chi connectivity index (χ0n) is 18.2. The number of amides is 2. The molecule has 0 spiro atoms. The average molecular weight is 428 g/mol. The van der Waals surface area contributed by atoms with Gasteiger partial charge in [-0.2, -0.15) is 0 Å². The average Bonchev–Trinajstić information content (AvgIpc) is 2.78. The lowest BCUT2D eigenvalue weighted by Crippen LogP contribution is -2.51. The second kappa shape index (κ2) is 10.9. The molecule has 0 aliphatic carbocycles. The molecule has 31 heavy (non-hydrogen) atoms. The van der Waals surface area contributed by atoms with Gasteiger partial charge in [-0.05, 0) is 43.7 Å². The van der Waals surface area contributed by atoms with Crippen molar-refractivity contribution in [3.8, 4) is 5.75 Å². The number of ether oxygens (including phenoxy) is 1. The lowest BCUT2D eigenvalue weighted by Gasteiger charge is -2.35. The van der Waals surface area contributed by atoms with E-state index in [-0.39, 0.29) is 17.6 Å². The van der Waals surface area contributed by atoms with Crippen molar-refractivity contribution in [1.29, 1.82) is 0 Å². The predicted molar refractivity (Wildman–Crippen MR) is 117 cm³/mol. The summed E-state index contributed by atoms with van der Waals surface area (Å²) in [4.78, 5) is 31.3. The quantitative estimate of drug-likeness (QED) is 0.650. The summed E-state index contributed by atoms with van der Waals surface area (Å²) in [6, 6.07) is 13.6. The summed E-state index contributed by atoms with van der Waals surface area (Å²) in [5.41, 5.74) is 1.35. The zero-order valence-corrected chi connectivity index (χ0v) is 18.2. The summed E-state index contributed by atoms with van der Waals surface area (Å²) >= 11 is 0. The molecule has 0 radical (unpaired) electrons. The van der Waals surface area contributed by atoms with Crippen LogP contribution >= 0.6 is 0 Å². The summed E-state index contributed by atoms with van der Waals surface area (Å²) in [6.45, 7) is 7.93. The number of nitrogens with zero attached hydrogens (tertiary/aromatic N) is 3. The molecule has 2 amide bonds. The van der Waals surface area contributed by atoms with Crippen LogP contribution in [-0.2, 0) is 11.3 Å². The van der Waals surface area contributed by atoms with E-state index >= 15 is 0 Å². The second-order valence-corrected chi connectivity index (χ2v) is 7.54. The van der Waals surface area contributed by atoms with E-state index in [9.17, 15) is 14.0 Å². The molecule has 0 atom stereocenters. The van der Waals surface area contributed by atoms with Crippen LogP contribution in [0.15, 0.2) is 48.5 Å². The van der Waals surface area contributed by atoms with Gasteiger partial charge in [-0.15, -0.1) is 0 Å². The predicted octanol–water partition coefficient (Wildman–Crippen LogP) is 3.03. The van der Waals surface area contributed by atoms with Crippen LogP contribution in [0.25, 0.3) is 0 Å². The van der Waals surface area contributed by atoms with Gasteiger partial charge < -0.3 is 14.5 Å². The Hall–Kier alpha value is -2.93. The van der Waals surface area contributed by atoms with E-state index in [0.29, 0.717) is 63.7 Å². The van der Waals surface area contributed by atoms with E-state index < -0.39 is 0 Å². The lowest BCUT2D eigenvalue weighted by atomic mass is 10.1. The standard InChI is InChI=1S/C24H30FN3O3/c1-3-27(17-19-8-7-9-20(25)16-19)23(29)18-26-12-14-28(15-13-26)24(30)21-10-5-6-11-22(21)31-4-2/h5-11,16H,3-4,12-15,17-18H2,1-2H3. The molecule has 1 aliphatic heterocycles.